The average Bonchev–Trinajstić information content (AvgIpc) is 2.65. The van der Waals surface area contributed by atoms with Gasteiger partial charge in [0.25, 0.3) is 0 Å². The molecule has 3 aromatic rings. The maximum absolute atomic E-state index is 6.00. The molecule has 1 heterocycles. The Bertz CT molecular complexity index is 783. The topological polar surface area (TPSA) is 43.8 Å². The van der Waals surface area contributed by atoms with Crippen molar-refractivity contribution in [1.29, 1.82) is 0 Å². The van der Waals surface area contributed by atoms with Gasteiger partial charge in [-0.3, -0.25) is 4.57 Å². The zero-order valence-corrected chi connectivity index (χ0v) is 12.7. The van der Waals surface area contributed by atoms with Gasteiger partial charge in [0, 0.05) is 14.5 Å². The van der Waals surface area contributed by atoms with Crippen molar-refractivity contribution < 1.29 is 0 Å². The van der Waals surface area contributed by atoms with Crippen LogP contribution in [-0.4, -0.2) is 9.55 Å². The fourth-order valence-corrected chi connectivity index (χ4v) is 3.01. The number of nitrogens with two attached hydrogens (primary N) is 1. The lowest BCUT2D eigenvalue weighted by molar-refractivity contribution is 1.10. The number of benzene rings is 2. The second-order valence-corrected chi connectivity index (χ2v) is 5.76. The van der Waals surface area contributed by atoms with Crippen molar-refractivity contribution in [3.05, 3.63) is 50.9 Å². The molecule has 0 bridgehead atoms. The number of aromatic nitrogens is 2. The van der Waals surface area contributed by atoms with Crippen LogP contribution in [-0.2, 0) is 0 Å². The maximum Gasteiger partial charge on any atom is 0.205 e. The van der Waals surface area contributed by atoms with Crippen LogP contribution in [0.5, 0.6) is 0 Å². The molecule has 0 spiro atoms. The van der Waals surface area contributed by atoms with Crippen LogP contribution < -0.4 is 5.73 Å². The minimum absolute atomic E-state index is 0.403. The number of hydrogen-bond donors (Lipinski definition) is 1. The molecule has 0 aliphatic rings. The lowest BCUT2D eigenvalue weighted by Gasteiger charge is -2.09. The number of halogens is 3. The molecule has 0 radical (unpaired) electrons. The summed E-state index contributed by atoms with van der Waals surface area (Å²) >= 11 is 15.4. The van der Waals surface area contributed by atoms with Gasteiger partial charge in [0.05, 0.1) is 16.7 Å². The van der Waals surface area contributed by atoms with Crippen LogP contribution in [0.4, 0.5) is 5.95 Å². The molecular formula is C13H8BrCl2N3. The molecule has 0 saturated heterocycles. The van der Waals surface area contributed by atoms with E-state index in [-0.39, 0.29) is 0 Å². The molecule has 0 aliphatic carbocycles. The highest BCUT2D eigenvalue weighted by molar-refractivity contribution is 9.10. The van der Waals surface area contributed by atoms with Crippen LogP contribution in [0, 0.1) is 0 Å². The van der Waals surface area contributed by atoms with Gasteiger partial charge in [-0.15, -0.1) is 0 Å². The summed E-state index contributed by atoms with van der Waals surface area (Å²) in [6, 6.07) is 11.0. The molecule has 2 N–H and O–H groups in total. The second kappa shape index (κ2) is 4.71. The molecule has 2 aromatic carbocycles. The first-order valence-corrected chi connectivity index (χ1v) is 7.00. The lowest BCUT2D eigenvalue weighted by Crippen LogP contribution is -2.01. The molecule has 3 rings (SSSR count). The van der Waals surface area contributed by atoms with E-state index in [2.05, 4.69) is 20.9 Å². The van der Waals surface area contributed by atoms with Gasteiger partial charge in [-0.25, -0.2) is 4.98 Å². The highest BCUT2D eigenvalue weighted by Gasteiger charge is 2.12. The average molecular weight is 357 g/mol. The summed E-state index contributed by atoms with van der Waals surface area (Å²) in [5.41, 5.74) is 8.53. The van der Waals surface area contributed by atoms with Gasteiger partial charge in [-0.05, 0) is 52.3 Å². The molecule has 0 unspecified atom stereocenters. The fourth-order valence-electron chi connectivity index (χ4n) is 1.99. The van der Waals surface area contributed by atoms with Crippen molar-refractivity contribution in [2.45, 2.75) is 0 Å². The van der Waals surface area contributed by atoms with Gasteiger partial charge in [0.1, 0.15) is 0 Å². The van der Waals surface area contributed by atoms with Crippen molar-refractivity contribution in [1.82, 2.24) is 9.55 Å². The van der Waals surface area contributed by atoms with E-state index in [1.807, 2.05) is 34.9 Å². The number of imidazole rings is 1. The second-order valence-electron chi connectivity index (χ2n) is 4.03. The molecule has 96 valence electrons. The third kappa shape index (κ3) is 2.20. The van der Waals surface area contributed by atoms with E-state index in [0.29, 0.717) is 16.0 Å². The summed E-state index contributed by atoms with van der Waals surface area (Å²) < 4.78 is 2.70. The minimum atomic E-state index is 0.403. The third-order valence-corrected chi connectivity index (χ3v) is 3.90. The molecule has 6 heteroatoms. The van der Waals surface area contributed by atoms with Crippen molar-refractivity contribution in [2.24, 2.45) is 0 Å². The van der Waals surface area contributed by atoms with E-state index in [9.17, 15) is 0 Å². The normalized spacial score (nSPS) is 11.1. The molecule has 19 heavy (non-hydrogen) atoms. The van der Waals surface area contributed by atoms with Crippen LogP contribution in [0.25, 0.3) is 16.7 Å². The largest absolute Gasteiger partial charge is 0.369 e. The van der Waals surface area contributed by atoms with E-state index in [1.54, 1.807) is 6.07 Å². The predicted octanol–water partition coefficient (Wildman–Crippen LogP) is 4.68. The number of nitrogens with zero attached hydrogens (tertiary/aromatic N) is 2. The highest BCUT2D eigenvalue weighted by Crippen LogP contribution is 2.31. The van der Waals surface area contributed by atoms with Gasteiger partial charge < -0.3 is 5.73 Å². The summed E-state index contributed by atoms with van der Waals surface area (Å²) in [5.74, 6) is 0.403. The van der Waals surface area contributed by atoms with Crippen LogP contribution >= 0.6 is 39.1 Å². The van der Waals surface area contributed by atoms with E-state index in [1.165, 1.54) is 0 Å². The van der Waals surface area contributed by atoms with Gasteiger partial charge in [-0.2, -0.15) is 0 Å². The molecule has 0 atom stereocenters. The van der Waals surface area contributed by atoms with Crippen molar-refractivity contribution in [2.75, 3.05) is 5.73 Å². The van der Waals surface area contributed by atoms with Crippen molar-refractivity contribution in [3.63, 3.8) is 0 Å². The highest BCUT2D eigenvalue weighted by atomic mass is 79.9. The standard InChI is InChI=1S/C13H8BrCl2N3/c14-9-5-7(15)1-3-11(9)19-12-4-2-8(16)6-10(12)18-13(19)17/h1-6H,(H2,17,18). The number of fused-ring (bicyclic) bond motifs is 1. The molecule has 0 saturated carbocycles. The summed E-state index contributed by atoms with van der Waals surface area (Å²) in [4.78, 5) is 4.32. The minimum Gasteiger partial charge on any atom is -0.369 e. The van der Waals surface area contributed by atoms with Gasteiger partial charge >= 0.3 is 0 Å². The summed E-state index contributed by atoms with van der Waals surface area (Å²) in [5, 5.41) is 1.29. The quantitative estimate of drug-likeness (QED) is 0.688. The van der Waals surface area contributed by atoms with Gasteiger partial charge in [-0.1, -0.05) is 23.2 Å². The van der Waals surface area contributed by atoms with Gasteiger partial charge in [0.15, 0.2) is 0 Å². The first kappa shape index (κ1) is 12.8. The smallest absolute Gasteiger partial charge is 0.205 e. The summed E-state index contributed by atoms with van der Waals surface area (Å²) in [7, 11) is 0. The predicted molar refractivity (Wildman–Crippen MR) is 83.2 cm³/mol. The SMILES string of the molecule is Nc1nc2cc(Cl)ccc2n1-c1ccc(Cl)cc1Br. The Labute approximate surface area is 128 Å². The van der Waals surface area contributed by atoms with Crippen LogP contribution in [0.1, 0.15) is 0 Å². The number of anilines is 1. The Balaban J connectivity index is 2.33. The summed E-state index contributed by atoms with van der Waals surface area (Å²) in [6.45, 7) is 0. The first-order valence-electron chi connectivity index (χ1n) is 5.45. The summed E-state index contributed by atoms with van der Waals surface area (Å²) in [6.07, 6.45) is 0. The van der Waals surface area contributed by atoms with Crippen molar-refractivity contribution >= 4 is 56.1 Å². The Morgan fingerprint density at radius 3 is 2.47 bits per heavy atom. The molecule has 0 aliphatic heterocycles. The van der Waals surface area contributed by atoms with E-state index < -0.39 is 0 Å². The van der Waals surface area contributed by atoms with E-state index in [0.717, 1.165) is 21.2 Å². The number of nitrogen functional groups attached to an aromatic ring is 1. The molecule has 0 fully saturated rings. The van der Waals surface area contributed by atoms with Crippen LogP contribution in [0.3, 0.4) is 0 Å². The Hall–Kier alpha value is -1.23. The Morgan fingerprint density at radius 2 is 1.74 bits per heavy atom. The number of rotatable bonds is 1. The first-order chi connectivity index (χ1) is 9.06. The van der Waals surface area contributed by atoms with Crippen LogP contribution in [0.2, 0.25) is 10.0 Å². The number of hydrogen-bond acceptors (Lipinski definition) is 2. The van der Waals surface area contributed by atoms with E-state index >= 15 is 0 Å². The molecule has 1 aromatic heterocycles. The van der Waals surface area contributed by atoms with Gasteiger partial charge in [0.2, 0.25) is 5.95 Å². The fraction of sp³-hybridized carbons (Fsp3) is 0. The third-order valence-electron chi connectivity index (χ3n) is 2.79. The molecular weight excluding hydrogens is 349 g/mol. The van der Waals surface area contributed by atoms with Crippen molar-refractivity contribution in [3.8, 4) is 5.69 Å². The Kier molecular flexibility index (Phi) is 3.17. The van der Waals surface area contributed by atoms with Crippen LogP contribution in [0.15, 0.2) is 40.9 Å². The monoisotopic (exact) mass is 355 g/mol. The molecule has 0 amide bonds. The lowest BCUT2D eigenvalue weighted by atomic mass is 10.3. The van der Waals surface area contributed by atoms with E-state index in [4.69, 9.17) is 28.9 Å². The maximum atomic E-state index is 6.00. The molecule has 3 nitrogen and oxygen atoms in total. The zero-order chi connectivity index (χ0) is 13.6. The Morgan fingerprint density at radius 1 is 1.05 bits per heavy atom. The zero-order valence-electron chi connectivity index (χ0n) is 9.57.